The second-order valence-corrected chi connectivity index (χ2v) is 7.48. The average Bonchev–Trinajstić information content (AvgIpc) is 3.01. The molecule has 0 unspecified atom stereocenters. The standard InChI is InChI=1S/C16H28N6O/c1-11(2)14-8-21(7-13-5-4-6-13)9-15(14)17-16(23)10-22-12(3)18-19-20-22/h11,13-15H,4-10H2,1-3H3,(H,17,23)/t14-,15+/m0/s1. The number of nitrogens with zero attached hydrogens (tertiary/aromatic N) is 5. The van der Waals surface area contributed by atoms with Gasteiger partial charge in [-0.25, -0.2) is 4.68 Å². The fraction of sp³-hybridized carbons (Fsp3) is 0.875. The maximum absolute atomic E-state index is 12.3. The van der Waals surface area contributed by atoms with Crippen molar-refractivity contribution in [2.75, 3.05) is 19.6 Å². The maximum Gasteiger partial charge on any atom is 0.242 e. The van der Waals surface area contributed by atoms with Gasteiger partial charge >= 0.3 is 0 Å². The Morgan fingerprint density at radius 2 is 2.13 bits per heavy atom. The van der Waals surface area contributed by atoms with Gasteiger partial charge in [-0.1, -0.05) is 20.3 Å². The van der Waals surface area contributed by atoms with Gasteiger partial charge in [0.1, 0.15) is 12.4 Å². The molecule has 0 bridgehead atoms. The highest BCUT2D eigenvalue weighted by Gasteiger charge is 2.36. The molecule has 1 aromatic heterocycles. The van der Waals surface area contributed by atoms with Crippen molar-refractivity contribution >= 4 is 5.91 Å². The second kappa shape index (κ2) is 6.95. The van der Waals surface area contributed by atoms with Gasteiger partial charge < -0.3 is 10.2 Å². The summed E-state index contributed by atoms with van der Waals surface area (Å²) >= 11 is 0. The molecular weight excluding hydrogens is 292 g/mol. The molecule has 1 N–H and O–H groups in total. The summed E-state index contributed by atoms with van der Waals surface area (Å²) in [6.45, 7) is 9.78. The lowest BCUT2D eigenvalue weighted by atomic mass is 9.85. The van der Waals surface area contributed by atoms with Crippen molar-refractivity contribution in [1.29, 1.82) is 0 Å². The summed E-state index contributed by atoms with van der Waals surface area (Å²) < 4.78 is 1.54. The van der Waals surface area contributed by atoms with Crippen LogP contribution < -0.4 is 5.32 Å². The zero-order chi connectivity index (χ0) is 16.4. The second-order valence-electron chi connectivity index (χ2n) is 7.48. The van der Waals surface area contributed by atoms with E-state index in [-0.39, 0.29) is 18.5 Å². The Labute approximate surface area is 137 Å². The van der Waals surface area contributed by atoms with Crippen LogP contribution in [0.3, 0.4) is 0 Å². The van der Waals surface area contributed by atoms with Crippen molar-refractivity contribution in [2.24, 2.45) is 17.8 Å². The van der Waals surface area contributed by atoms with E-state index in [0.29, 0.717) is 17.7 Å². The summed E-state index contributed by atoms with van der Waals surface area (Å²) in [6, 6.07) is 0.236. The minimum absolute atomic E-state index is 0.00143. The number of likely N-dealkylation sites (tertiary alicyclic amines) is 1. The first-order valence-electron chi connectivity index (χ1n) is 8.77. The zero-order valence-corrected chi connectivity index (χ0v) is 14.4. The van der Waals surface area contributed by atoms with Gasteiger partial charge in [0, 0.05) is 25.7 Å². The first-order chi connectivity index (χ1) is 11.0. The van der Waals surface area contributed by atoms with Crippen LogP contribution in [0.1, 0.15) is 38.9 Å². The van der Waals surface area contributed by atoms with E-state index in [1.165, 1.54) is 25.8 Å². The molecule has 2 aliphatic rings. The monoisotopic (exact) mass is 320 g/mol. The molecule has 1 aliphatic heterocycles. The molecule has 128 valence electrons. The van der Waals surface area contributed by atoms with E-state index in [0.717, 1.165) is 19.0 Å². The highest BCUT2D eigenvalue weighted by Crippen LogP contribution is 2.31. The fourth-order valence-electron chi connectivity index (χ4n) is 3.72. The lowest BCUT2D eigenvalue weighted by Crippen LogP contribution is -2.43. The smallest absolute Gasteiger partial charge is 0.242 e. The van der Waals surface area contributed by atoms with Crippen molar-refractivity contribution in [3.8, 4) is 0 Å². The van der Waals surface area contributed by atoms with Gasteiger partial charge in [0.05, 0.1) is 0 Å². The summed E-state index contributed by atoms with van der Waals surface area (Å²) in [6.07, 6.45) is 4.13. The molecule has 0 aromatic carbocycles. The molecule has 23 heavy (non-hydrogen) atoms. The molecule has 2 fully saturated rings. The number of carbonyl (C=O) groups is 1. The number of amides is 1. The van der Waals surface area contributed by atoms with Crippen molar-refractivity contribution in [1.82, 2.24) is 30.4 Å². The predicted molar refractivity (Wildman–Crippen MR) is 86.6 cm³/mol. The molecular formula is C16H28N6O. The SMILES string of the molecule is Cc1nnnn1CC(=O)N[C@@H]1CN(CC2CCC2)C[C@H]1C(C)C. The first-order valence-corrected chi connectivity index (χ1v) is 8.77. The quantitative estimate of drug-likeness (QED) is 0.841. The van der Waals surface area contributed by atoms with Crippen LogP contribution in [0.2, 0.25) is 0 Å². The molecule has 1 saturated carbocycles. The third-order valence-electron chi connectivity index (χ3n) is 5.39. The molecule has 0 radical (unpaired) electrons. The Morgan fingerprint density at radius 3 is 2.70 bits per heavy atom. The van der Waals surface area contributed by atoms with Crippen molar-refractivity contribution < 1.29 is 4.79 Å². The van der Waals surface area contributed by atoms with Crippen molar-refractivity contribution in [3.63, 3.8) is 0 Å². The predicted octanol–water partition coefficient (Wildman–Crippen LogP) is 0.854. The summed E-state index contributed by atoms with van der Waals surface area (Å²) in [5, 5.41) is 14.5. The van der Waals surface area contributed by atoms with Crippen LogP contribution >= 0.6 is 0 Å². The van der Waals surface area contributed by atoms with E-state index in [4.69, 9.17) is 0 Å². The molecule has 7 heteroatoms. The van der Waals surface area contributed by atoms with E-state index < -0.39 is 0 Å². The maximum atomic E-state index is 12.3. The normalized spacial score (nSPS) is 25.7. The highest BCUT2D eigenvalue weighted by molar-refractivity contribution is 5.76. The Balaban J connectivity index is 1.55. The highest BCUT2D eigenvalue weighted by atomic mass is 16.2. The summed E-state index contributed by atoms with van der Waals surface area (Å²) in [5.74, 6) is 2.64. The van der Waals surface area contributed by atoms with E-state index in [1.807, 2.05) is 0 Å². The average molecular weight is 320 g/mol. The van der Waals surface area contributed by atoms with Crippen molar-refractivity contribution in [3.05, 3.63) is 5.82 Å². The van der Waals surface area contributed by atoms with E-state index in [2.05, 4.69) is 39.6 Å². The number of hydrogen-bond acceptors (Lipinski definition) is 5. The Morgan fingerprint density at radius 1 is 1.35 bits per heavy atom. The van der Waals surface area contributed by atoms with Crippen LogP contribution in [0.4, 0.5) is 0 Å². The molecule has 1 saturated heterocycles. The van der Waals surface area contributed by atoms with E-state index in [9.17, 15) is 4.79 Å². The van der Waals surface area contributed by atoms with Gasteiger partial charge in [-0.05, 0) is 47.9 Å². The lowest BCUT2D eigenvalue weighted by molar-refractivity contribution is -0.122. The summed E-state index contributed by atoms with van der Waals surface area (Å²) in [7, 11) is 0. The molecule has 0 spiro atoms. The van der Waals surface area contributed by atoms with Crippen LogP contribution in [0.5, 0.6) is 0 Å². The van der Waals surface area contributed by atoms with Crippen LogP contribution in [0, 0.1) is 24.7 Å². The van der Waals surface area contributed by atoms with Crippen molar-refractivity contribution in [2.45, 2.75) is 52.6 Å². The van der Waals surface area contributed by atoms with E-state index >= 15 is 0 Å². The van der Waals surface area contributed by atoms with Crippen LogP contribution in [-0.2, 0) is 11.3 Å². The van der Waals surface area contributed by atoms with Gasteiger partial charge in [-0.15, -0.1) is 5.10 Å². The van der Waals surface area contributed by atoms with Gasteiger partial charge in [-0.3, -0.25) is 4.79 Å². The van der Waals surface area contributed by atoms with Crippen LogP contribution in [-0.4, -0.2) is 56.7 Å². The minimum Gasteiger partial charge on any atom is -0.350 e. The van der Waals surface area contributed by atoms with Crippen LogP contribution in [0.15, 0.2) is 0 Å². The van der Waals surface area contributed by atoms with E-state index in [1.54, 1.807) is 11.6 Å². The summed E-state index contributed by atoms with van der Waals surface area (Å²) in [5.41, 5.74) is 0. The topological polar surface area (TPSA) is 75.9 Å². The minimum atomic E-state index is 0.00143. The largest absolute Gasteiger partial charge is 0.350 e. The number of tetrazole rings is 1. The summed E-state index contributed by atoms with van der Waals surface area (Å²) in [4.78, 5) is 14.9. The van der Waals surface area contributed by atoms with Gasteiger partial charge in [0.25, 0.3) is 0 Å². The molecule has 2 heterocycles. The number of aryl methyl sites for hydroxylation is 1. The Kier molecular flexibility index (Phi) is 4.94. The molecule has 2 atom stereocenters. The number of hydrogen-bond donors (Lipinski definition) is 1. The van der Waals surface area contributed by atoms with Crippen LogP contribution in [0.25, 0.3) is 0 Å². The fourth-order valence-corrected chi connectivity index (χ4v) is 3.72. The van der Waals surface area contributed by atoms with Gasteiger partial charge in [0.15, 0.2) is 0 Å². The first kappa shape index (κ1) is 16.4. The molecule has 1 amide bonds. The number of rotatable bonds is 6. The van der Waals surface area contributed by atoms with Gasteiger partial charge in [0.2, 0.25) is 5.91 Å². The number of nitrogens with one attached hydrogen (secondary N) is 1. The third kappa shape index (κ3) is 3.88. The number of aromatic nitrogens is 4. The lowest BCUT2D eigenvalue weighted by Gasteiger charge is -2.30. The Hall–Kier alpha value is -1.50. The molecule has 1 aliphatic carbocycles. The number of carbonyl (C=O) groups excluding carboxylic acids is 1. The Bertz CT molecular complexity index is 538. The molecule has 1 aromatic rings. The third-order valence-corrected chi connectivity index (χ3v) is 5.39. The zero-order valence-electron chi connectivity index (χ0n) is 14.4. The molecule has 3 rings (SSSR count). The molecule has 7 nitrogen and oxygen atoms in total. The van der Waals surface area contributed by atoms with Gasteiger partial charge in [-0.2, -0.15) is 0 Å².